The van der Waals surface area contributed by atoms with E-state index in [0.717, 1.165) is 5.56 Å². The molecule has 0 fully saturated rings. The SMILES string of the molecule is CCO[Si](C)(Cc1ccccc1)OCCC(F)(F)F. The van der Waals surface area contributed by atoms with Crippen LogP contribution in [0.3, 0.4) is 0 Å². The standard InChI is InChI=1S/C13H19F3O2Si/c1-3-17-19(2,18-10-9-13(14,15)16)11-12-7-5-4-6-8-12/h4-8H,3,9-11H2,1-2H3. The lowest BCUT2D eigenvalue weighted by Gasteiger charge is -2.27. The fraction of sp³-hybridized carbons (Fsp3) is 0.538. The van der Waals surface area contributed by atoms with Gasteiger partial charge < -0.3 is 8.85 Å². The number of alkyl halides is 3. The quantitative estimate of drug-likeness (QED) is 0.711. The highest BCUT2D eigenvalue weighted by Gasteiger charge is 2.34. The van der Waals surface area contributed by atoms with Crippen molar-refractivity contribution in [1.29, 1.82) is 0 Å². The summed E-state index contributed by atoms with van der Waals surface area (Å²) in [5.74, 6) is 0. The van der Waals surface area contributed by atoms with Gasteiger partial charge in [0.1, 0.15) is 0 Å². The van der Waals surface area contributed by atoms with E-state index in [1.165, 1.54) is 0 Å². The van der Waals surface area contributed by atoms with Gasteiger partial charge in [0.2, 0.25) is 0 Å². The van der Waals surface area contributed by atoms with E-state index in [-0.39, 0.29) is 6.61 Å². The van der Waals surface area contributed by atoms with Crippen molar-refractivity contribution in [3.8, 4) is 0 Å². The first-order valence-corrected chi connectivity index (χ1v) is 8.75. The number of hydrogen-bond donors (Lipinski definition) is 0. The Hall–Kier alpha value is -0.853. The normalized spacial score (nSPS) is 15.2. The van der Waals surface area contributed by atoms with Gasteiger partial charge in [-0.2, -0.15) is 13.2 Å². The lowest BCUT2D eigenvalue weighted by atomic mass is 10.2. The van der Waals surface area contributed by atoms with Crippen LogP contribution >= 0.6 is 0 Å². The van der Waals surface area contributed by atoms with Crippen molar-refractivity contribution in [2.24, 2.45) is 0 Å². The Bertz CT molecular complexity index is 370. The van der Waals surface area contributed by atoms with Crippen LogP contribution in [0.2, 0.25) is 6.55 Å². The monoisotopic (exact) mass is 292 g/mol. The highest BCUT2D eigenvalue weighted by molar-refractivity contribution is 6.65. The van der Waals surface area contributed by atoms with E-state index in [1.54, 1.807) is 6.55 Å². The predicted octanol–water partition coefficient (Wildman–Crippen LogP) is 3.85. The van der Waals surface area contributed by atoms with Gasteiger partial charge in [-0.3, -0.25) is 0 Å². The van der Waals surface area contributed by atoms with Crippen LogP contribution in [0.5, 0.6) is 0 Å². The molecule has 6 heteroatoms. The van der Waals surface area contributed by atoms with Crippen LogP contribution in [0.1, 0.15) is 18.9 Å². The fourth-order valence-electron chi connectivity index (χ4n) is 1.80. The topological polar surface area (TPSA) is 18.5 Å². The van der Waals surface area contributed by atoms with Crippen LogP contribution in [0.25, 0.3) is 0 Å². The Labute approximate surface area is 112 Å². The molecule has 1 rings (SSSR count). The zero-order chi connectivity index (χ0) is 14.4. The van der Waals surface area contributed by atoms with E-state index in [0.29, 0.717) is 12.7 Å². The van der Waals surface area contributed by atoms with E-state index in [9.17, 15) is 13.2 Å². The molecule has 0 heterocycles. The molecule has 0 aliphatic rings. The third-order valence-corrected chi connectivity index (χ3v) is 5.38. The minimum atomic E-state index is -4.19. The zero-order valence-corrected chi connectivity index (χ0v) is 12.2. The number of benzene rings is 1. The van der Waals surface area contributed by atoms with Gasteiger partial charge in [-0.1, -0.05) is 30.3 Å². The Morgan fingerprint density at radius 2 is 1.74 bits per heavy atom. The number of rotatable bonds is 7. The van der Waals surface area contributed by atoms with Crippen molar-refractivity contribution in [2.45, 2.75) is 32.1 Å². The summed E-state index contributed by atoms with van der Waals surface area (Å²) < 4.78 is 47.5. The summed E-state index contributed by atoms with van der Waals surface area (Å²) in [6.07, 6.45) is -5.12. The van der Waals surface area contributed by atoms with Crippen molar-refractivity contribution in [2.75, 3.05) is 13.2 Å². The second kappa shape index (κ2) is 7.07. The molecule has 0 saturated heterocycles. The molecular formula is C13H19F3O2Si. The molecule has 0 aromatic heterocycles. The summed E-state index contributed by atoms with van der Waals surface area (Å²) in [6.45, 7) is 3.74. The zero-order valence-electron chi connectivity index (χ0n) is 11.2. The molecule has 1 aromatic rings. The first-order valence-electron chi connectivity index (χ1n) is 6.23. The molecule has 0 saturated carbocycles. The van der Waals surface area contributed by atoms with Crippen LogP contribution in [0, 0.1) is 0 Å². The van der Waals surface area contributed by atoms with Gasteiger partial charge in [0, 0.05) is 19.3 Å². The molecule has 2 nitrogen and oxygen atoms in total. The van der Waals surface area contributed by atoms with Crippen molar-refractivity contribution in [3.63, 3.8) is 0 Å². The molecule has 1 unspecified atom stereocenters. The summed E-state index contributed by atoms with van der Waals surface area (Å²) in [6, 6.07) is 10.1. The summed E-state index contributed by atoms with van der Waals surface area (Å²) in [5, 5.41) is 0. The molecule has 1 aromatic carbocycles. The largest absolute Gasteiger partial charge is 0.394 e. The average Bonchev–Trinajstić information content (AvgIpc) is 2.28. The summed E-state index contributed by atoms with van der Waals surface area (Å²) in [5.41, 5.74) is 1.03. The molecule has 0 radical (unpaired) electrons. The molecule has 19 heavy (non-hydrogen) atoms. The Morgan fingerprint density at radius 1 is 1.11 bits per heavy atom. The second-order valence-corrected chi connectivity index (χ2v) is 7.64. The summed E-state index contributed by atoms with van der Waals surface area (Å²) in [4.78, 5) is 0. The van der Waals surface area contributed by atoms with Gasteiger partial charge >= 0.3 is 14.7 Å². The molecule has 0 N–H and O–H groups in total. The maximum Gasteiger partial charge on any atom is 0.391 e. The summed E-state index contributed by atoms with van der Waals surface area (Å²) >= 11 is 0. The Balaban J connectivity index is 2.58. The molecule has 1 atom stereocenters. The van der Waals surface area contributed by atoms with Gasteiger partial charge in [0.25, 0.3) is 0 Å². The summed E-state index contributed by atoms with van der Waals surface area (Å²) in [7, 11) is -2.59. The predicted molar refractivity (Wildman–Crippen MR) is 70.0 cm³/mol. The first kappa shape index (κ1) is 16.2. The number of halogens is 3. The van der Waals surface area contributed by atoms with Gasteiger partial charge in [0.05, 0.1) is 6.42 Å². The minimum Gasteiger partial charge on any atom is -0.394 e. The average molecular weight is 292 g/mol. The molecule has 0 aliphatic carbocycles. The minimum absolute atomic E-state index is 0.334. The van der Waals surface area contributed by atoms with E-state index < -0.39 is 21.2 Å². The second-order valence-electron chi connectivity index (χ2n) is 4.44. The van der Waals surface area contributed by atoms with Crippen LogP contribution < -0.4 is 0 Å². The Morgan fingerprint density at radius 3 is 2.26 bits per heavy atom. The van der Waals surface area contributed by atoms with Crippen molar-refractivity contribution >= 4 is 8.56 Å². The smallest absolute Gasteiger partial charge is 0.391 e. The highest BCUT2D eigenvalue weighted by atomic mass is 28.4. The van der Waals surface area contributed by atoms with E-state index in [4.69, 9.17) is 8.85 Å². The molecule has 0 bridgehead atoms. The van der Waals surface area contributed by atoms with Gasteiger partial charge in [-0.05, 0) is 19.0 Å². The van der Waals surface area contributed by atoms with Crippen molar-refractivity contribution in [1.82, 2.24) is 0 Å². The van der Waals surface area contributed by atoms with E-state index in [2.05, 4.69) is 0 Å². The van der Waals surface area contributed by atoms with Crippen LogP contribution in [0.15, 0.2) is 30.3 Å². The molecule has 0 spiro atoms. The third-order valence-electron chi connectivity index (χ3n) is 2.61. The van der Waals surface area contributed by atoms with Gasteiger partial charge in [-0.25, -0.2) is 0 Å². The van der Waals surface area contributed by atoms with E-state index in [1.807, 2.05) is 37.3 Å². The Kier molecular flexibility index (Phi) is 6.03. The van der Waals surface area contributed by atoms with Crippen molar-refractivity contribution < 1.29 is 22.0 Å². The lowest BCUT2D eigenvalue weighted by Crippen LogP contribution is -2.42. The number of hydrogen-bond acceptors (Lipinski definition) is 2. The van der Waals surface area contributed by atoms with E-state index >= 15 is 0 Å². The van der Waals surface area contributed by atoms with Crippen LogP contribution in [-0.2, 0) is 14.9 Å². The lowest BCUT2D eigenvalue weighted by molar-refractivity contribution is -0.140. The maximum atomic E-state index is 12.1. The highest BCUT2D eigenvalue weighted by Crippen LogP contribution is 2.22. The van der Waals surface area contributed by atoms with Crippen LogP contribution in [0.4, 0.5) is 13.2 Å². The van der Waals surface area contributed by atoms with Crippen molar-refractivity contribution in [3.05, 3.63) is 35.9 Å². The molecule has 0 aliphatic heterocycles. The van der Waals surface area contributed by atoms with Gasteiger partial charge in [-0.15, -0.1) is 0 Å². The van der Waals surface area contributed by atoms with Gasteiger partial charge in [0.15, 0.2) is 0 Å². The first-order chi connectivity index (χ1) is 8.85. The molecular weight excluding hydrogens is 273 g/mol. The van der Waals surface area contributed by atoms with Crippen LogP contribution in [-0.4, -0.2) is 28.0 Å². The molecule has 108 valence electrons. The molecule has 0 amide bonds. The maximum absolute atomic E-state index is 12.1. The fourth-order valence-corrected chi connectivity index (χ4v) is 4.21. The third kappa shape index (κ3) is 6.75.